The number of carbonyl (C=O) groups is 1. The van der Waals surface area contributed by atoms with Gasteiger partial charge in [0.05, 0.1) is 5.92 Å². The number of likely N-dealkylation sites (tertiary alicyclic amines) is 1. The minimum Gasteiger partial charge on any atom is -0.342 e. The Labute approximate surface area is 142 Å². The molecule has 2 aromatic rings. The van der Waals surface area contributed by atoms with Gasteiger partial charge in [-0.25, -0.2) is 0 Å². The summed E-state index contributed by atoms with van der Waals surface area (Å²) in [4.78, 5) is 19.3. The number of rotatable bonds is 4. The second-order valence-corrected chi connectivity index (χ2v) is 6.89. The van der Waals surface area contributed by atoms with Crippen molar-refractivity contribution in [1.82, 2.24) is 15.0 Å². The first-order valence-corrected chi connectivity index (χ1v) is 8.92. The van der Waals surface area contributed by atoms with Crippen molar-refractivity contribution in [2.24, 2.45) is 5.92 Å². The van der Waals surface area contributed by atoms with E-state index in [1.165, 1.54) is 5.56 Å². The Balaban J connectivity index is 1.40. The van der Waals surface area contributed by atoms with E-state index in [9.17, 15) is 4.79 Å². The molecule has 2 heterocycles. The predicted molar refractivity (Wildman–Crippen MR) is 89.5 cm³/mol. The molecule has 2 fully saturated rings. The number of piperidine rings is 1. The van der Waals surface area contributed by atoms with E-state index in [1.807, 2.05) is 30.0 Å². The Kier molecular flexibility index (Phi) is 4.08. The fraction of sp³-hybridized carbons (Fsp3) is 0.526. The topological polar surface area (TPSA) is 59.2 Å². The average Bonchev–Trinajstić information content (AvgIpc) is 3.30. The molecule has 1 amide bonds. The van der Waals surface area contributed by atoms with Crippen LogP contribution in [0.4, 0.5) is 0 Å². The molecule has 1 saturated heterocycles. The SMILES string of the molecule is CCc1noc([C@@H]2CCCN(C(=O)[C@H]3C[C@H]3c3ccccc3)C2)n1. The standard InChI is InChI=1S/C19H23N3O2/c1-2-17-20-18(24-21-17)14-9-6-10-22(12-14)19(23)16-11-15(16)13-7-4-3-5-8-13/h3-5,7-8,14-16H,2,6,9-12H2,1H3/t14-,15+,16+/m1/s1. The van der Waals surface area contributed by atoms with Crippen LogP contribution >= 0.6 is 0 Å². The number of benzene rings is 1. The highest BCUT2D eigenvalue weighted by molar-refractivity contribution is 5.83. The third kappa shape index (κ3) is 2.95. The lowest BCUT2D eigenvalue weighted by molar-refractivity contribution is -0.134. The van der Waals surface area contributed by atoms with E-state index in [-0.39, 0.29) is 11.8 Å². The Hall–Kier alpha value is -2.17. The number of amides is 1. The van der Waals surface area contributed by atoms with Gasteiger partial charge < -0.3 is 9.42 Å². The van der Waals surface area contributed by atoms with Crippen LogP contribution in [0.3, 0.4) is 0 Å². The summed E-state index contributed by atoms with van der Waals surface area (Å²) in [5, 5.41) is 3.99. The molecule has 24 heavy (non-hydrogen) atoms. The van der Waals surface area contributed by atoms with Gasteiger partial charge in [0.1, 0.15) is 0 Å². The highest BCUT2D eigenvalue weighted by Gasteiger charge is 2.46. The quantitative estimate of drug-likeness (QED) is 0.866. The van der Waals surface area contributed by atoms with Crippen LogP contribution in [0.15, 0.2) is 34.9 Å². The molecule has 1 aromatic carbocycles. The van der Waals surface area contributed by atoms with E-state index in [0.717, 1.165) is 38.1 Å². The van der Waals surface area contributed by atoms with E-state index in [0.29, 0.717) is 24.3 Å². The number of hydrogen-bond acceptors (Lipinski definition) is 4. The van der Waals surface area contributed by atoms with Crippen LogP contribution in [-0.4, -0.2) is 34.0 Å². The van der Waals surface area contributed by atoms with Crippen molar-refractivity contribution < 1.29 is 9.32 Å². The van der Waals surface area contributed by atoms with Crippen LogP contribution in [0, 0.1) is 5.92 Å². The summed E-state index contributed by atoms with van der Waals surface area (Å²) in [6.45, 7) is 3.58. The third-order valence-corrected chi connectivity index (χ3v) is 5.22. The molecule has 0 bridgehead atoms. The minimum absolute atomic E-state index is 0.153. The number of nitrogens with zero attached hydrogens (tertiary/aromatic N) is 3. The highest BCUT2D eigenvalue weighted by atomic mass is 16.5. The zero-order valence-corrected chi connectivity index (χ0v) is 14.0. The summed E-state index contributed by atoms with van der Waals surface area (Å²) in [6, 6.07) is 10.4. The second kappa shape index (κ2) is 6.38. The van der Waals surface area contributed by atoms with Gasteiger partial charge in [-0.3, -0.25) is 4.79 Å². The van der Waals surface area contributed by atoms with Crippen molar-refractivity contribution in [3.63, 3.8) is 0 Å². The Morgan fingerprint density at radius 1 is 1.33 bits per heavy atom. The molecular weight excluding hydrogens is 302 g/mol. The molecule has 2 aliphatic rings. The van der Waals surface area contributed by atoms with Crippen molar-refractivity contribution in [2.75, 3.05) is 13.1 Å². The zero-order valence-electron chi connectivity index (χ0n) is 14.0. The number of aromatic nitrogens is 2. The van der Waals surface area contributed by atoms with Gasteiger partial charge in [0.2, 0.25) is 11.8 Å². The van der Waals surface area contributed by atoms with Crippen LogP contribution in [-0.2, 0) is 11.2 Å². The van der Waals surface area contributed by atoms with Gasteiger partial charge in [0, 0.05) is 25.4 Å². The van der Waals surface area contributed by atoms with Crippen LogP contribution in [0.2, 0.25) is 0 Å². The maximum atomic E-state index is 12.8. The lowest BCUT2D eigenvalue weighted by Gasteiger charge is -2.31. The molecule has 1 aliphatic heterocycles. The first kappa shape index (κ1) is 15.4. The Morgan fingerprint density at radius 3 is 2.92 bits per heavy atom. The number of carbonyl (C=O) groups excluding carboxylic acids is 1. The van der Waals surface area contributed by atoms with Gasteiger partial charge in [-0.15, -0.1) is 0 Å². The molecule has 0 N–H and O–H groups in total. The summed E-state index contributed by atoms with van der Waals surface area (Å²) < 4.78 is 5.39. The lowest BCUT2D eigenvalue weighted by atomic mass is 9.97. The lowest BCUT2D eigenvalue weighted by Crippen LogP contribution is -2.40. The highest BCUT2D eigenvalue weighted by Crippen LogP contribution is 2.48. The van der Waals surface area contributed by atoms with E-state index in [4.69, 9.17) is 4.52 Å². The van der Waals surface area contributed by atoms with Crippen LogP contribution in [0.25, 0.3) is 0 Å². The fourth-order valence-electron chi connectivity index (χ4n) is 3.73. The van der Waals surface area contributed by atoms with E-state index in [2.05, 4.69) is 22.3 Å². The van der Waals surface area contributed by atoms with Crippen molar-refractivity contribution in [3.8, 4) is 0 Å². The smallest absolute Gasteiger partial charge is 0.231 e. The second-order valence-electron chi connectivity index (χ2n) is 6.89. The molecule has 5 heteroatoms. The maximum Gasteiger partial charge on any atom is 0.231 e. The summed E-state index contributed by atoms with van der Waals surface area (Å²) >= 11 is 0. The normalized spacial score (nSPS) is 26.4. The fourth-order valence-corrected chi connectivity index (χ4v) is 3.73. The Bertz CT molecular complexity index is 712. The van der Waals surface area contributed by atoms with E-state index < -0.39 is 0 Å². The summed E-state index contributed by atoms with van der Waals surface area (Å²) in [6.07, 6.45) is 3.77. The van der Waals surface area contributed by atoms with Crippen LogP contribution in [0.5, 0.6) is 0 Å². The molecule has 0 spiro atoms. The van der Waals surface area contributed by atoms with Crippen LogP contribution in [0.1, 0.15) is 55.3 Å². The molecule has 1 aromatic heterocycles. The first-order chi connectivity index (χ1) is 11.8. The van der Waals surface area contributed by atoms with Crippen LogP contribution < -0.4 is 0 Å². The van der Waals surface area contributed by atoms with E-state index in [1.54, 1.807) is 0 Å². The zero-order chi connectivity index (χ0) is 16.5. The summed E-state index contributed by atoms with van der Waals surface area (Å²) in [5.74, 6) is 2.47. The van der Waals surface area contributed by atoms with Crippen molar-refractivity contribution in [2.45, 2.75) is 44.4 Å². The van der Waals surface area contributed by atoms with E-state index >= 15 is 0 Å². The van der Waals surface area contributed by atoms with Gasteiger partial charge in [0.25, 0.3) is 0 Å². The molecular formula is C19H23N3O2. The number of aryl methyl sites for hydroxylation is 1. The summed E-state index contributed by atoms with van der Waals surface area (Å²) in [5.41, 5.74) is 1.29. The molecule has 126 valence electrons. The largest absolute Gasteiger partial charge is 0.342 e. The molecule has 1 saturated carbocycles. The maximum absolute atomic E-state index is 12.8. The van der Waals surface area contributed by atoms with Crippen molar-refractivity contribution in [1.29, 1.82) is 0 Å². The molecule has 0 radical (unpaired) electrons. The monoisotopic (exact) mass is 325 g/mol. The summed E-state index contributed by atoms with van der Waals surface area (Å²) in [7, 11) is 0. The van der Waals surface area contributed by atoms with Gasteiger partial charge >= 0.3 is 0 Å². The van der Waals surface area contributed by atoms with Crippen molar-refractivity contribution in [3.05, 3.63) is 47.6 Å². The average molecular weight is 325 g/mol. The molecule has 5 nitrogen and oxygen atoms in total. The van der Waals surface area contributed by atoms with Gasteiger partial charge in [0.15, 0.2) is 5.82 Å². The minimum atomic E-state index is 0.153. The third-order valence-electron chi connectivity index (χ3n) is 5.22. The molecule has 1 aliphatic carbocycles. The van der Waals surface area contributed by atoms with Gasteiger partial charge in [-0.2, -0.15) is 4.98 Å². The van der Waals surface area contributed by atoms with Crippen molar-refractivity contribution >= 4 is 5.91 Å². The van der Waals surface area contributed by atoms with Gasteiger partial charge in [-0.05, 0) is 30.7 Å². The number of hydrogen-bond donors (Lipinski definition) is 0. The van der Waals surface area contributed by atoms with Gasteiger partial charge in [-0.1, -0.05) is 42.4 Å². The molecule has 4 rings (SSSR count). The Morgan fingerprint density at radius 2 is 2.17 bits per heavy atom. The molecule has 0 unspecified atom stereocenters. The predicted octanol–water partition coefficient (Wildman–Crippen LogP) is 3.14. The first-order valence-electron chi connectivity index (χ1n) is 8.92. The molecule has 3 atom stereocenters.